The summed E-state index contributed by atoms with van der Waals surface area (Å²) >= 11 is 0. The average Bonchev–Trinajstić information content (AvgIpc) is 2.76. The highest BCUT2D eigenvalue weighted by molar-refractivity contribution is 5.09. The zero-order valence-corrected chi connectivity index (χ0v) is 6.90. The van der Waals surface area contributed by atoms with E-state index in [0.717, 1.165) is 12.3 Å². The van der Waals surface area contributed by atoms with Crippen molar-refractivity contribution >= 4 is 0 Å². The normalized spacial score (nSPS) is 37.0. The summed E-state index contributed by atoms with van der Waals surface area (Å²) in [6.07, 6.45) is 11.7. The van der Waals surface area contributed by atoms with Gasteiger partial charge in [0, 0.05) is 12.0 Å². The molecule has 1 heteroatoms. The highest BCUT2D eigenvalue weighted by atomic mass is 15.0. The van der Waals surface area contributed by atoms with Crippen LogP contribution in [0, 0.1) is 18.3 Å². The van der Waals surface area contributed by atoms with Crippen molar-refractivity contribution in [2.24, 2.45) is 5.92 Å². The van der Waals surface area contributed by atoms with Gasteiger partial charge in [0.15, 0.2) is 0 Å². The van der Waals surface area contributed by atoms with Gasteiger partial charge in [0.05, 0.1) is 0 Å². The van der Waals surface area contributed by atoms with Crippen molar-refractivity contribution in [3.8, 4) is 12.3 Å². The molecule has 1 nitrogen and oxygen atoms in total. The molecule has 1 aliphatic heterocycles. The molecule has 1 unspecified atom stereocenters. The minimum atomic E-state index is 0.370. The van der Waals surface area contributed by atoms with Gasteiger partial charge >= 0.3 is 0 Å². The maximum atomic E-state index is 5.37. The topological polar surface area (TPSA) is 12.0 Å². The van der Waals surface area contributed by atoms with Gasteiger partial charge in [-0.05, 0) is 38.1 Å². The highest BCUT2D eigenvalue weighted by Crippen LogP contribution is 2.45. The van der Waals surface area contributed by atoms with Gasteiger partial charge in [-0.1, -0.05) is 0 Å². The van der Waals surface area contributed by atoms with Crippen molar-refractivity contribution in [1.29, 1.82) is 0 Å². The molecule has 1 heterocycles. The largest absolute Gasteiger partial charge is 0.310 e. The number of rotatable bonds is 2. The zero-order valence-electron chi connectivity index (χ0n) is 6.90. The Morgan fingerprint density at radius 2 is 2.36 bits per heavy atom. The Bertz CT molecular complexity index is 180. The van der Waals surface area contributed by atoms with Crippen LogP contribution in [-0.4, -0.2) is 12.1 Å². The van der Waals surface area contributed by atoms with Crippen LogP contribution >= 0.6 is 0 Å². The summed E-state index contributed by atoms with van der Waals surface area (Å²) in [5.74, 6) is 3.71. The lowest BCUT2D eigenvalue weighted by atomic mass is 9.88. The van der Waals surface area contributed by atoms with E-state index in [0.29, 0.717) is 5.54 Å². The predicted octanol–water partition coefficient (Wildman–Crippen LogP) is 1.54. The number of terminal acetylenes is 1. The van der Waals surface area contributed by atoms with E-state index in [4.69, 9.17) is 6.42 Å². The molecule has 1 N–H and O–H groups in total. The summed E-state index contributed by atoms with van der Waals surface area (Å²) in [5.41, 5.74) is 0.370. The molecule has 2 aliphatic rings. The predicted molar refractivity (Wildman–Crippen MR) is 46.1 cm³/mol. The highest BCUT2D eigenvalue weighted by Gasteiger charge is 2.45. The minimum Gasteiger partial charge on any atom is -0.310 e. The van der Waals surface area contributed by atoms with Gasteiger partial charge in [-0.25, -0.2) is 0 Å². The van der Waals surface area contributed by atoms with E-state index in [9.17, 15) is 0 Å². The lowest BCUT2D eigenvalue weighted by molar-refractivity contribution is 0.334. The SMILES string of the molecule is C#CCC1(C2CC2)CCCN1. The molecule has 0 amide bonds. The van der Waals surface area contributed by atoms with Crippen LogP contribution in [0.2, 0.25) is 0 Å². The summed E-state index contributed by atoms with van der Waals surface area (Å²) in [6, 6.07) is 0. The number of hydrogen-bond acceptors (Lipinski definition) is 1. The summed E-state index contributed by atoms with van der Waals surface area (Å²) in [7, 11) is 0. The molecule has 1 aliphatic carbocycles. The summed E-state index contributed by atoms with van der Waals surface area (Å²) in [6.45, 7) is 1.18. The smallest absolute Gasteiger partial charge is 0.0319 e. The average molecular weight is 149 g/mol. The van der Waals surface area contributed by atoms with Crippen molar-refractivity contribution in [3.63, 3.8) is 0 Å². The molecular weight excluding hydrogens is 134 g/mol. The van der Waals surface area contributed by atoms with E-state index in [1.54, 1.807) is 0 Å². The van der Waals surface area contributed by atoms with E-state index in [1.807, 2.05) is 0 Å². The first-order chi connectivity index (χ1) is 5.37. The van der Waals surface area contributed by atoms with E-state index in [2.05, 4.69) is 11.2 Å². The van der Waals surface area contributed by atoms with Crippen molar-refractivity contribution in [3.05, 3.63) is 0 Å². The van der Waals surface area contributed by atoms with Gasteiger partial charge in [0.25, 0.3) is 0 Å². The maximum absolute atomic E-state index is 5.37. The quantitative estimate of drug-likeness (QED) is 0.587. The Balaban J connectivity index is 2.06. The van der Waals surface area contributed by atoms with Crippen LogP contribution in [0.4, 0.5) is 0 Å². The van der Waals surface area contributed by atoms with E-state index in [-0.39, 0.29) is 0 Å². The Kier molecular flexibility index (Phi) is 1.65. The van der Waals surface area contributed by atoms with Crippen LogP contribution in [0.15, 0.2) is 0 Å². The molecule has 0 aromatic rings. The Morgan fingerprint density at radius 3 is 2.82 bits per heavy atom. The molecule has 11 heavy (non-hydrogen) atoms. The molecule has 0 spiro atoms. The molecule has 2 fully saturated rings. The third-order valence-electron chi connectivity index (χ3n) is 3.05. The van der Waals surface area contributed by atoms with Crippen LogP contribution in [0.1, 0.15) is 32.1 Å². The second-order valence-corrected chi connectivity index (χ2v) is 3.84. The molecule has 1 saturated carbocycles. The van der Waals surface area contributed by atoms with Gasteiger partial charge in [0.1, 0.15) is 0 Å². The molecule has 60 valence electrons. The van der Waals surface area contributed by atoms with Crippen LogP contribution in [-0.2, 0) is 0 Å². The fourth-order valence-corrected chi connectivity index (χ4v) is 2.29. The third kappa shape index (κ3) is 1.16. The second kappa shape index (κ2) is 2.53. The first kappa shape index (κ1) is 7.18. The first-order valence-corrected chi connectivity index (χ1v) is 4.56. The van der Waals surface area contributed by atoms with Crippen molar-refractivity contribution in [2.45, 2.75) is 37.6 Å². The Labute approximate surface area is 68.6 Å². The zero-order chi connectivity index (χ0) is 7.73. The molecule has 0 aromatic heterocycles. The Hall–Kier alpha value is -0.480. The van der Waals surface area contributed by atoms with Gasteiger partial charge < -0.3 is 5.32 Å². The fraction of sp³-hybridized carbons (Fsp3) is 0.800. The molecule has 0 bridgehead atoms. The van der Waals surface area contributed by atoms with Crippen LogP contribution in [0.3, 0.4) is 0 Å². The van der Waals surface area contributed by atoms with Crippen LogP contribution in [0.25, 0.3) is 0 Å². The van der Waals surface area contributed by atoms with E-state index in [1.165, 1.54) is 32.2 Å². The summed E-state index contributed by atoms with van der Waals surface area (Å²) in [5, 5.41) is 3.59. The lowest BCUT2D eigenvalue weighted by Crippen LogP contribution is -2.41. The van der Waals surface area contributed by atoms with Crippen molar-refractivity contribution in [1.82, 2.24) is 5.32 Å². The van der Waals surface area contributed by atoms with E-state index < -0.39 is 0 Å². The molecular formula is C10H15N. The van der Waals surface area contributed by atoms with Crippen molar-refractivity contribution < 1.29 is 0 Å². The standard InChI is InChI=1S/C10H15N/c1-2-6-10(9-4-5-9)7-3-8-11-10/h1,9,11H,3-8H2. The summed E-state index contributed by atoms with van der Waals surface area (Å²) in [4.78, 5) is 0. The molecule has 1 atom stereocenters. The Morgan fingerprint density at radius 1 is 1.55 bits per heavy atom. The summed E-state index contributed by atoms with van der Waals surface area (Å²) < 4.78 is 0. The molecule has 1 saturated heterocycles. The van der Waals surface area contributed by atoms with Crippen LogP contribution in [0.5, 0.6) is 0 Å². The van der Waals surface area contributed by atoms with E-state index >= 15 is 0 Å². The van der Waals surface area contributed by atoms with Crippen LogP contribution < -0.4 is 5.32 Å². The third-order valence-corrected chi connectivity index (χ3v) is 3.05. The monoisotopic (exact) mass is 149 g/mol. The van der Waals surface area contributed by atoms with Gasteiger partial charge in [-0.15, -0.1) is 12.3 Å². The van der Waals surface area contributed by atoms with Crippen molar-refractivity contribution in [2.75, 3.05) is 6.54 Å². The lowest BCUT2D eigenvalue weighted by Gasteiger charge is -2.27. The molecule has 0 aromatic carbocycles. The van der Waals surface area contributed by atoms with Gasteiger partial charge in [0.2, 0.25) is 0 Å². The second-order valence-electron chi connectivity index (χ2n) is 3.84. The van der Waals surface area contributed by atoms with Gasteiger partial charge in [-0.2, -0.15) is 0 Å². The molecule has 0 radical (unpaired) electrons. The fourth-order valence-electron chi connectivity index (χ4n) is 2.29. The number of hydrogen-bond donors (Lipinski definition) is 1. The number of nitrogens with one attached hydrogen (secondary N) is 1. The maximum Gasteiger partial charge on any atom is 0.0319 e. The van der Waals surface area contributed by atoms with Gasteiger partial charge in [-0.3, -0.25) is 0 Å². The molecule has 2 rings (SSSR count). The first-order valence-electron chi connectivity index (χ1n) is 4.56. The minimum absolute atomic E-state index is 0.370.